The lowest BCUT2D eigenvalue weighted by atomic mass is 9.95. The van der Waals surface area contributed by atoms with E-state index in [2.05, 4.69) is 17.2 Å². The van der Waals surface area contributed by atoms with Gasteiger partial charge in [0.1, 0.15) is 5.69 Å². The van der Waals surface area contributed by atoms with E-state index in [-0.39, 0.29) is 12.0 Å². The molecule has 0 saturated carbocycles. The molecule has 1 aliphatic rings. The van der Waals surface area contributed by atoms with Crippen LogP contribution in [-0.4, -0.2) is 48.6 Å². The zero-order valence-corrected chi connectivity index (χ0v) is 12.4. The molecular weight excluding hydrogens is 254 g/mol. The van der Waals surface area contributed by atoms with Gasteiger partial charge < -0.3 is 15.0 Å². The van der Waals surface area contributed by atoms with E-state index in [1.54, 1.807) is 19.4 Å². The quantitative estimate of drug-likeness (QED) is 0.914. The number of methoxy groups -OCH3 is 1. The number of anilines is 1. The van der Waals surface area contributed by atoms with E-state index in [0.717, 1.165) is 25.2 Å². The fourth-order valence-corrected chi connectivity index (χ4v) is 2.52. The van der Waals surface area contributed by atoms with E-state index >= 15 is 0 Å². The standard InChI is InChI=1S/C15H23N3O2/c1-4-16-12-5-6-13(17-9-12)15(19)18-8-7-11(2)14(10-18)20-3/h5-6,9,11,14,16H,4,7-8,10H2,1-3H3. The Bertz CT molecular complexity index is 447. The summed E-state index contributed by atoms with van der Waals surface area (Å²) < 4.78 is 5.45. The van der Waals surface area contributed by atoms with E-state index in [1.165, 1.54) is 0 Å². The van der Waals surface area contributed by atoms with Gasteiger partial charge in [0.15, 0.2) is 0 Å². The number of hydrogen-bond donors (Lipinski definition) is 1. The fraction of sp³-hybridized carbons (Fsp3) is 0.600. The van der Waals surface area contributed by atoms with Crippen LogP contribution >= 0.6 is 0 Å². The molecule has 0 aliphatic carbocycles. The maximum absolute atomic E-state index is 12.4. The highest BCUT2D eigenvalue weighted by Crippen LogP contribution is 2.20. The second-order valence-electron chi connectivity index (χ2n) is 5.25. The summed E-state index contributed by atoms with van der Waals surface area (Å²) in [6.07, 6.45) is 2.80. The maximum atomic E-state index is 12.4. The molecule has 1 amide bonds. The normalized spacial score (nSPS) is 22.6. The van der Waals surface area contributed by atoms with Crippen molar-refractivity contribution in [3.8, 4) is 0 Å². The van der Waals surface area contributed by atoms with E-state index in [4.69, 9.17) is 4.74 Å². The number of rotatable bonds is 4. The number of nitrogens with zero attached hydrogens (tertiary/aromatic N) is 2. The van der Waals surface area contributed by atoms with Crippen LogP contribution in [0.3, 0.4) is 0 Å². The van der Waals surface area contributed by atoms with E-state index in [0.29, 0.717) is 18.2 Å². The van der Waals surface area contributed by atoms with E-state index in [9.17, 15) is 4.79 Å². The molecule has 0 aromatic carbocycles. The topological polar surface area (TPSA) is 54.5 Å². The molecule has 2 heterocycles. The molecule has 110 valence electrons. The number of piperidine rings is 1. The smallest absolute Gasteiger partial charge is 0.272 e. The van der Waals surface area contributed by atoms with Crippen LogP contribution in [0.5, 0.6) is 0 Å². The van der Waals surface area contributed by atoms with Gasteiger partial charge in [-0.3, -0.25) is 4.79 Å². The molecule has 20 heavy (non-hydrogen) atoms. The highest BCUT2D eigenvalue weighted by atomic mass is 16.5. The van der Waals surface area contributed by atoms with Crippen molar-refractivity contribution in [2.24, 2.45) is 5.92 Å². The first-order chi connectivity index (χ1) is 9.65. The lowest BCUT2D eigenvalue weighted by Crippen LogP contribution is -2.46. The van der Waals surface area contributed by atoms with Crippen molar-refractivity contribution in [3.63, 3.8) is 0 Å². The molecule has 1 N–H and O–H groups in total. The van der Waals surface area contributed by atoms with Crippen molar-refractivity contribution >= 4 is 11.6 Å². The van der Waals surface area contributed by atoms with Crippen LogP contribution in [-0.2, 0) is 4.74 Å². The number of likely N-dealkylation sites (tertiary alicyclic amines) is 1. The van der Waals surface area contributed by atoms with Gasteiger partial charge in [0, 0.05) is 26.7 Å². The highest BCUT2D eigenvalue weighted by Gasteiger charge is 2.29. The zero-order chi connectivity index (χ0) is 14.5. The lowest BCUT2D eigenvalue weighted by Gasteiger charge is -2.36. The van der Waals surface area contributed by atoms with Gasteiger partial charge in [0.05, 0.1) is 18.0 Å². The van der Waals surface area contributed by atoms with Crippen LogP contribution in [0.25, 0.3) is 0 Å². The zero-order valence-electron chi connectivity index (χ0n) is 12.4. The molecule has 2 atom stereocenters. The number of pyridine rings is 1. The van der Waals surface area contributed by atoms with Crippen molar-refractivity contribution in [1.29, 1.82) is 0 Å². The summed E-state index contributed by atoms with van der Waals surface area (Å²) in [7, 11) is 1.71. The van der Waals surface area contributed by atoms with Gasteiger partial charge >= 0.3 is 0 Å². The van der Waals surface area contributed by atoms with Gasteiger partial charge in [-0.1, -0.05) is 6.92 Å². The monoisotopic (exact) mass is 277 g/mol. The van der Waals surface area contributed by atoms with Gasteiger partial charge in [-0.25, -0.2) is 4.98 Å². The first-order valence-electron chi connectivity index (χ1n) is 7.17. The average molecular weight is 277 g/mol. The molecule has 0 spiro atoms. The molecule has 2 unspecified atom stereocenters. The number of nitrogens with one attached hydrogen (secondary N) is 1. The van der Waals surface area contributed by atoms with Crippen LogP contribution in [0.2, 0.25) is 0 Å². The summed E-state index contributed by atoms with van der Waals surface area (Å²) >= 11 is 0. The van der Waals surface area contributed by atoms with Gasteiger partial charge in [-0.2, -0.15) is 0 Å². The average Bonchev–Trinajstić information content (AvgIpc) is 2.48. The van der Waals surface area contributed by atoms with E-state index < -0.39 is 0 Å². The molecule has 5 heteroatoms. The van der Waals surface area contributed by atoms with Crippen molar-refractivity contribution in [3.05, 3.63) is 24.0 Å². The molecular formula is C15H23N3O2. The molecule has 1 saturated heterocycles. The second-order valence-corrected chi connectivity index (χ2v) is 5.25. The Labute approximate surface area is 120 Å². The summed E-state index contributed by atoms with van der Waals surface area (Å²) in [6, 6.07) is 3.67. The Hall–Kier alpha value is -1.62. The Morgan fingerprint density at radius 3 is 2.95 bits per heavy atom. The Kier molecular flexibility index (Phi) is 4.95. The van der Waals surface area contributed by atoms with E-state index in [1.807, 2.05) is 17.9 Å². The fourth-order valence-electron chi connectivity index (χ4n) is 2.52. The number of carbonyl (C=O) groups excluding carboxylic acids is 1. The van der Waals surface area contributed by atoms with Crippen LogP contribution < -0.4 is 5.32 Å². The summed E-state index contributed by atoms with van der Waals surface area (Å²) in [6.45, 7) is 6.45. The summed E-state index contributed by atoms with van der Waals surface area (Å²) in [5.41, 5.74) is 1.43. The van der Waals surface area contributed by atoms with Gasteiger partial charge in [0.2, 0.25) is 0 Å². The first-order valence-corrected chi connectivity index (χ1v) is 7.17. The number of ether oxygens (including phenoxy) is 1. The molecule has 0 bridgehead atoms. The van der Waals surface area contributed by atoms with Crippen molar-refractivity contribution in [2.45, 2.75) is 26.4 Å². The van der Waals surface area contributed by atoms with Crippen LogP contribution in [0, 0.1) is 5.92 Å². The minimum absolute atomic E-state index is 0.0120. The van der Waals surface area contributed by atoms with Gasteiger partial charge in [-0.05, 0) is 31.4 Å². The lowest BCUT2D eigenvalue weighted by molar-refractivity contribution is -0.00177. The second kappa shape index (κ2) is 6.70. The number of hydrogen-bond acceptors (Lipinski definition) is 4. The van der Waals surface area contributed by atoms with Crippen molar-refractivity contribution in [2.75, 3.05) is 32.1 Å². The van der Waals surface area contributed by atoms with Gasteiger partial charge in [-0.15, -0.1) is 0 Å². The molecule has 5 nitrogen and oxygen atoms in total. The van der Waals surface area contributed by atoms with Crippen LogP contribution in [0.1, 0.15) is 30.8 Å². The molecule has 2 rings (SSSR count). The Morgan fingerprint density at radius 2 is 2.35 bits per heavy atom. The predicted octanol–water partition coefficient (Wildman–Crippen LogP) is 2.01. The van der Waals surface area contributed by atoms with Crippen LogP contribution in [0.15, 0.2) is 18.3 Å². The predicted molar refractivity (Wildman–Crippen MR) is 78.9 cm³/mol. The molecule has 1 fully saturated rings. The molecule has 0 radical (unpaired) electrons. The summed E-state index contributed by atoms with van der Waals surface area (Å²) in [5, 5.41) is 3.17. The molecule has 1 aromatic rings. The third-order valence-electron chi connectivity index (χ3n) is 3.84. The largest absolute Gasteiger partial charge is 0.384 e. The highest BCUT2D eigenvalue weighted by molar-refractivity contribution is 5.92. The third kappa shape index (κ3) is 3.28. The third-order valence-corrected chi connectivity index (χ3v) is 3.84. The summed E-state index contributed by atoms with van der Waals surface area (Å²) in [4.78, 5) is 18.5. The van der Waals surface area contributed by atoms with Crippen molar-refractivity contribution < 1.29 is 9.53 Å². The number of amides is 1. The Balaban J connectivity index is 2.03. The van der Waals surface area contributed by atoms with Crippen LogP contribution in [0.4, 0.5) is 5.69 Å². The molecule has 1 aromatic heterocycles. The Morgan fingerprint density at radius 1 is 1.55 bits per heavy atom. The minimum atomic E-state index is -0.0120. The first kappa shape index (κ1) is 14.8. The number of carbonyl (C=O) groups is 1. The SMILES string of the molecule is CCNc1ccc(C(=O)N2CCC(C)C(OC)C2)nc1. The van der Waals surface area contributed by atoms with Crippen molar-refractivity contribution in [1.82, 2.24) is 9.88 Å². The summed E-state index contributed by atoms with van der Waals surface area (Å²) in [5.74, 6) is 0.482. The maximum Gasteiger partial charge on any atom is 0.272 e. The van der Waals surface area contributed by atoms with Gasteiger partial charge in [0.25, 0.3) is 5.91 Å². The number of aromatic nitrogens is 1. The minimum Gasteiger partial charge on any atom is -0.384 e. The molecule has 1 aliphatic heterocycles.